The lowest BCUT2D eigenvalue weighted by Crippen LogP contribution is -1.94. The van der Waals surface area contributed by atoms with Crippen molar-refractivity contribution in [2.75, 3.05) is 0 Å². The van der Waals surface area contributed by atoms with E-state index in [2.05, 4.69) is 10.1 Å². The molecule has 0 aliphatic carbocycles. The third-order valence-electron chi connectivity index (χ3n) is 4.23. The Morgan fingerprint density at radius 2 is 1.81 bits per heavy atom. The lowest BCUT2D eigenvalue weighted by Gasteiger charge is -2.05. The first-order valence-electron chi connectivity index (χ1n) is 8.00. The molecule has 0 aliphatic rings. The number of aryl methyl sites for hydroxylation is 1. The molecule has 4 aromatic rings. The average Bonchev–Trinajstić information content (AvgIpc) is 2.97. The maximum absolute atomic E-state index is 14.3. The van der Waals surface area contributed by atoms with E-state index in [4.69, 9.17) is 0 Å². The molecule has 27 heavy (non-hydrogen) atoms. The van der Waals surface area contributed by atoms with E-state index in [1.807, 2.05) is 0 Å². The van der Waals surface area contributed by atoms with Crippen LogP contribution < -0.4 is 0 Å². The number of aromatic nitrogens is 3. The molecule has 2 aromatic heterocycles. The molecule has 0 N–H and O–H groups in total. The summed E-state index contributed by atoms with van der Waals surface area (Å²) in [5, 5.41) is 15.1. The summed E-state index contributed by atoms with van der Waals surface area (Å²) in [6.45, 7) is 1.72. The molecule has 0 amide bonds. The fraction of sp³-hybridized carbons (Fsp3) is 0.0526. The van der Waals surface area contributed by atoms with Gasteiger partial charge in [0.15, 0.2) is 5.65 Å². The zero-order valence-corrected chi connectivity index (χ0v) is 14.1. The van der Waals surface area contributed by atoms with Crippen LogP contribution in [0.4, 0.5) is 14.5 Å². The minimum Gasteiger partial charge on any atom is -0.258 e. The first kappa shape index (κ1) is 16.8. The van der Waals surface area contributed by atoms with Crippen molar-refractivity contribution in [1.82, 2.24) is 14.6 Å². The van der Waals surface area contributed by atoms with Crippen LogP contribution in [0.2, 0.25) is 0 Å². The molecule has 6 nitrogen and oxygen atoms in total. The van der Waals surface area contributed by atoms with E-state index in [0.29, 0.717) is 28.2 Å². The molecule has 0 bridgehead atoms. The molecule has 0 atom stereocenters. The van der Waals surface area contributed by atoms with Gasteiger partial charge < -0.3 is 0 Å². The Kier molecular flexibility index (Phi) is 3.88. The van der Waals surface area contributed by atoms with Crippen LogP contribution in [0.3, 0.4) is 0 Å². The number of fused-ring (bicyclic) bond motifs is 1. The largest absolute Gasteiger partial charge is 0.269 e. The lowest BCUT2D eigenvalue weighted by atomic mass is 10.1. The van der Waals surface area contributed by atoms with E-state index < -0.39 is 16.6 Å². The van der Waals surface area contributed by atoms with Gasteiger partial charge in [0, 0.05) is 35.5 Å². The van der Waals surface area contributed by atoms with Gasteiger partial charge in [-0.2, -0.15) is 5.10 Å². The Balaban J connectivity index is 1.88. The first-order valence-corrected chi connectivity index (χ1v) is 8.00. The Morgan fingerprint density at radius 1 is 1.07 bits per heavy atom. The second-order valence-corrected chi connectivity index (χ2v) is 5.97. The Hall–Kier alpha value is -3.68. The fourth-order valence-electron chi connectivity index (χ4n) is 2.96. The van der Waals surface area contributed by atoms with Gasteiger partial charge in [0.1, 0.15) is 11.6 Å². The van der Waals surface area contributed by atoms with Crippen LogP contribution in [0.1, 0.15) is 5.69 Å². The highest BCUT2D eigenvalue weighted by Crippen LogP contribution is 2.31. The third-order valence-corrected chi connectivity index (χ3v) is 4.23. The molecule has 0 spiro atoms. The zero-order valence-electron chi connectivity index (χ0n) is 14.1. The smallest absolute Gasteiger partial charge is 0.258 e. The molecule has 0 saturated carbocycles. The summed E-state index contributed by atoms with van der Waals surface area (Å²) in [4.78, 5) is 14.9. The number of benzene rings is 2. The molecule has 2 aromatic carbocycles. The molecule has 0 unspecified atom stereocenters. The highest BCUT2D eigenvalue weighted by molar-refractivity contribution is 5.81. The van der Waals surface area contributed by atoms with Crippen LogP contribution in [0.5, 0.6) is 0 Å². The van der Waals surface area contributed by atoms with Crippen molar-refractivity contribution < 1.29 is 13.7 Å². The summed E-state index contributed by atoms with van der Waals surface area (Å²) < 4.78 is 29.1. The Bertz CT molecular complexity index is 1190. The van der Waals surface area contributed by atoms with Crippen LogP contribution in [-0.4, -0.2) is 19.5 Å². The molecule has 0 fully saturated rings. The van der Waals surface area contributed by atoms with Crippen molar-refractivity contribution >= 4 is 11.3 Å². The lowest BCUT2D eigenvalue weighted by molar-refractivity contribution is -0.384. The van der Waals surface area contributed by atoms with Crippen LogP contribution >= 0.6 is 0 Å². The van der Waals surface area contributed by atoms with Crippen LogP contribution in [0.15, 0.2) is 54.7 Å². The van der Waals surface area contributed by atoms with E-state index >= 15 is 0 Å². The molecular weight excluding hydrogens is 354 g/mol. The van der Waals surface area contributed by atoms with E-state index in [0.717, 1.165) is 6.07 Å². The van der Waals surface area contributed by atoms with Crippen molar-refractivity contribution in [3.63, 3.8) is 0 Å². The van der Waals surface area contributed by atoms with Crippen molar-refractivity contribution in [3.05, 3.63) is 82.2 Å². The van der Waals surface area contributed by atoms with Crippen LogP contribution in [0.25, 0.3) is 28.0 Å². The maximum Gasteiger partial charge on any atom is 0.269 e. The van der Waals surface area contributed by atoms with E-state index in [1.165, 1.54) is 28.8 Å². The monoisotopic (exact) mass is 366 g/mol. The predicted molar refractivity (Wildman–Crippen MR) is 95.2 cm³/mol. The second-order valence-electron chi connectivity index (χ2n) is 5.97. The number of nitrogens with zero attached hydrogens (tertiary/aromatic N) is 4. The first-order chi connectivity index (χ1) is 12.9. The van der Waals surface area contributed by atoms with Gasteiger partial charge in [-0.25, -0.2) is 18.3 Å². The molecule has 8 heteroatoms. The van der Waals surface area contributed by atoms with Crippen LogP contribution in [0, 0.1) is 28.7 Å². The van der Waals surface area contributed by atoms with Gasteiger partial charge in [-0.05, 0) is 37.3 Å². The number of nitro groups is 1. The fourth-order valence-corrected chi connectivity index (χ4v) is 2.96. The molecule has 0 radical (unpaired) electrons. The van der Waals surface area contributed by atoms with Crippen molar-refractivity contribution in [2.45, 2.75) is 6.92 Å². The molecule has 2 heterocycles. The summed E-state index contributed by atoms with van der Waals surface area (Å²) >= 11 is 0. The minimum atomic E-state index is -0.699. The van der Waals surface area contributed by atoms with E-state index in [1.54, 1.807) is 31.3 Å². The topological polar surface area (TPSA) is 73.3 Å². The van der Waals surface area contributed by atoms with E-state index in [-0.39, 0.29) is 11.3 Å². The summed E-state index contributed by atoms with van der Waals surface area (Å²) in [7, 11) is 0. The maximum atomic E-state index is 14.3. The van der Waals surface area contributed by atoms with Gasteiger partial charge in [-0.15, -0.1) is 0 Å². The summed E-state index contributed by atoms with van der Waals surface area (Å²) in [5.74, 6) is -1.36. The number of nitro benzene ring substituents is 1. The molecule has 0 aliphatic heterocycles. The quantitative estimate of drug-likeness (QED) is 0.394. The van der Waals surface area contributed by atoms with Gasteiger partial charge in [-0.3, -0.25) is 10.1 Å². The SMILES string of the molecule is Cc1nn2ccc(-c3ccc([N+](=O)[O-])cc3)nc2c1-c1ccc(F)cc1F. The second kappa shape index (κ2) is 6.24. The van der Waals surface area contributed by atoms with Gasteiger partial charge in [0.25, 0.3) is 5.69 Å². The molecule has 4 rings (SSSR count). The molecule has 134 valence electrons. The van der Waals surface area contributed by atoms with Gasteiger partial charge in [-0.1, -0.05) is 0 Å². The van der Waals surface area contributed by atoms with Crippen molar-refractivity contribution in [2.24, 2.45) is 0 Å². The molecular formula is C19H12F2N4O2. The summed E-state index contributed by atoms with van der Waals surface area (Å²) in [5.41, 5.74) is 2.85. The number of hydrogen-bond donors (Lipinski definition) is 0. The standard InChI is InChI=1S/C19H12F2N4O2/c1-11-18(15-7-4-13(20)10-16(15)21)19-22-17(8-9-24(19)23-11)12-2-5-14(6-3-12)25(26)27/h2-10H,1H3. The summed E-state index contributed by atoms with van der Waals surface area (Å²) in [6, 6.07) is 11.0. The van der Waals surface area contributed by atoms with E-state index in [9.17, 15) is 18.9 Å². The van der Waals surface area contributed by atoms with Gasteiger partial charge in [0.2, 0.25) is 0 Å². The Labute approximate surface area is 151 Å². The van der Waals surface area contributed by atoms with Gasteiger partial charge >= 0.3 is 0 Å². The summed E-state index contributed by atoms with van der Waals surface area (Å²) in [6.07, 6.45) is 1.68. The van der Waals surface area contributed by atoms with Crippen molar-refractivity contribution in [3.8, 4) is 22.4 Å². The van der Waals surface area contributed by atoms with Crippen molar-refractivity contribution in [1.29, 1.82) is 0 Å². The highest BCUT2D eigenvalue weighted by Gasteiger charge is 2.18. The van der Waals surface area contributed by atoms with Crippen LogP contribution in [-0.2, 0) is 0 Å². The third kappa shape index (κ3) is 2.91. The number of rotatable bonds is 3. The predicted octanol–water partition coefficient (Wildman–Crippen LogP) is 4.56. The van der Waals surface area contributed by atoms with Gasteiger partial charge in [0.05, 0.1) is 21.9 Å². The average molecular weight is 366 g/mol. The normalized spacial score (nSPS) is 11.1. The zero-order chi connectivity index (χ0) is 19.1. The molecule has 0 saturated heterocycles. The Morgan fingerprint density at radius 3 is 2.48 bits per heavy atom. The minimum absolute atomic E-state index is 0.0194. The highest BCUT2D eigenvalue weighted by atomic mass is 19.1. The number of halogens is 2. The number of non-ortho nitro benzene ring substituents is 1. The number of hydrogen-bond acceptors (Lipinski definition) is 4.